The lowest BCUT2D eigenvalue weighted by Gasteiger charge is -2.13. The minimum absolute atomic E-state index is 0.229. The number of hydrogen-bond donors (Lipinski definition) is 2. The Morgan fingerprint density at radius 2 is 2.33 bits per heavy atom. The van der Waals surface area contributed by atoms with E-state index in [2.05, 4.69) is 11.6 Å². The minimum Gasteiger partial charge on any atom is -0.363 e. The molecule has 0 atom stereocenters. The highest BCUT2D eigenvalue weighted by atomic mass is 32.2. The number of likely N-dealkylation sites (N-methyl/N-ethyl adjacent to an activating group) is 1. The molecule has 1 aromatic heterocycles. The molecule has 3 N–H and O–H groups in total. The van der Waals surface area contributed by atoms with Crippen molar-refractivity contribution in [3.63, 3.8) is 0 Å². The first-order valence-electron chi connectivity index (χ1n) is 4.47. The number of sulfonamides is 1. The maximum atomic E-state index is 11.9. The van der Waals surface area contributed by atoms with Crippen LogP contribution in [0.1, 0.15) is 5.69 Å². The van der Waals surface area contributed by atoms with E-state index in [9.17, 15) is 8.42 Å². The molecular formula is C9H15N3O2S. The highest BCUT2D eigenvalue weighted by Gasteiger charge is 2.20. The van der Waals surface area contributed by atoms with E-state index in [4.69, 9.17) is 5.73 Å². The van der Waals surface area contributed by atoms with Crippen molar-refractivity contribution in [2.45, 2.75) is 11.4 Å². The molecule has 0 saturated carbocycles. The Morgan fingerprint density at radius 3 is 2.80 bits per heavy atom. The SMILES string of the molecule is C=CCN(C)S(=O)(=O)c1c[nH]c(CN)c1. The Labute approximate surface area is 89.6 Å². The average Bonchev–Trinajstić information content (AvgIpc) is 2.66. The number of nitrogens with two attached hydrogens (primary N) is 1. The van der Waals surface area contributed by atoms with Gasteiger partial charge in [0.15, 0.2) is 0 Å². The zero-order valence-corrected chi connectivity index (χ0v) is 9.42. The summed E-state index contributed by atoms with van der Waals surface area (Å²) in [5.41, 5.74) is 6.08. The summed E-state index contributed by atoms with van der Waals surface area (Å²) in [5.74, 6) is 0. The summed E-state index contributed by atoms with van der Waals surface area (Å²) in [5, 5.41) is 0. The van der Waals surface area contributed by atoms with Gasteiger partial charge in [-0.05, 0) is 6.07 Å². The fourth-order valence-electron chi connectivity index (χ4n) is 1.15. The number of aromatic amines is 1. The second-order valence-corrected chi connectivity index (χ2v) is 5.18. The van der Waals surface area contributed by atoms with Crippen LogP contribution < -0.4 is 5.73 Å². The number of aromatic nitrogens is 1. The first kappa shape index (κ1) is 12.0. The summed E-state index contributed by atoms with van der Waals surface area (Å²) in [6, 6.07) is 1.54. The van der Waals surface area contributed by atoms with Gasteiger partial charge in [0.2, 0.25) is 10.0 Å². The van der Waals surface area contributed by atoms with Crippen molar-refractivity contribution in [2.75, 3.05) is 13.6 Å². The van der Waals surface area contributed by atoms with Crippen LogP contribution in [0, 0.1) is 0 Å². The van der Waals surface area contributed by atoms with Crippen LogP contribution in [0.5, 0.6) is 0 Å². The number of nitrogens with one attached hydrogen (secondary N) is 1. The average molecular weight is 229 g/mol. The lowest BCUT2D eigenvalue weighted by atomic mass is 10.4. The molecule has 1 rings (SSSR count). The van der Waals surface area contributed by atoms with Crippen molar-refractivity contribution in [2.24, 2.45) is 5.73 Å². The van der Waals surface area contributed by atoms with Gasteiger partial charge in [-0.2, -0.15) is 4.31 Å². The predicted molar refractivity (Wildman–Crippen MR) is 58.7 cm³/mol. The number of rotatable bonds is 5. The summed E-state index contributed by atoms with van der Waals surface area (Å²) >= 11 is 0. The van der Waals surface area contributed by atoms with Gasteiger partial charge in [-0.15, -0.1) is 6.58 Å². The van der Waals surface area contributed by atoms with Gasteiger partial charge in [-0.25, -0.2) is 8.42 Å². The highest BCUT2D eigenvalue weighted by molar-refractivity contribution is 7.89. The monoisotopic (exact) mass is 229 g/mol. The van der Waals surface area contributed by atoms with Crippen molar-refractivity contribution < 1.29 is 8.42 Å². The zero-order valence-electron chi connectivity index (χ0n) is 8.60. The minimum atomic E-state index is -3.42. The first-order valence-corrected chi connectivity index (χ1v) is 5.91. The predicted octanol–water partition coefficient (Wildman–Crippen LogP) is 0.280. The maximum Gasteiger partial charge on any atom is 0.244 e. The summed E-state index contributed by atoms with van der Waals surface area (Å²) in [7, 11) is -1.91. The Morgan fingerprint density at radius 1 is 1.67 bits per heavy atom. The summed E-state index contributed by atoms with van der Waals surface area (Å²) in [6.45, 7) is 4.07. The topological polar surface area (TPSA) is 79.2 Å². The lowest BCUT2D eigenvalue weighted by molar-refractivity contribution is 0.499. The van der Waals surface area contributed by atoms with Gasteiger partial charge in [-0.3, -0.25) is 0 Å². The molecule has 15 heavy (non-hydrogen) atoms. The van der Waals surface area contributed by atoms with Crippen LogP contribution in [-0.2, 0) is 16.6 Å². The van der Waals surface area contributed by atoms with E-state index in [-0.39, 0.29) is 11.4 Å². The Kier molecular flexibility index (Phi) is 3.67. The van der Waals surface area contributed by atoms with Gasteiger partial charge in [-0.1, -0.05) is 6.08 Å². The van der Waals surface area contributed by atoms with Crippen LogP contribution in [0.4, 0.5) is 0 Å². The van der Waals surface area contributed by atoms with Gasteiger partial charge >= 0.3 is 0 Å². The van der Waals surface area contributed by atoms with Crippen LogP contribution >= 0.6 is 0 Å². The van der Waals surface area contributed by atoms with E-state index in [0.29, 0.717) is 12.2 Å². The largest absolute Gasteiger partial charge is 0.363 e. The van der Waals surface area contributed by atoms with Gasteiger partial charge in [0, 0.05) is 32.0 Å². The van der Waals surface area contributed by atoms with Crippen LogP contribution in [0.15, 0.2) is 29.8 Å². The summed E-state index contributed by atoms with van der Waals surface area (Å²) in [4.78, 5) is 3.03. The lowest BCUT2D eigenvalue weighted by Crippen LogP contribution is -2.26. The maximum absolute atomic E-state index is 11.9. The number of hydrogen-bond acceptors (Lipinski definition) is 3. The third-order valence-corrected chi connectivity index (χ3v) is 3.83. The molecule has 1 aromatic rings. The molecule has 1 heterocycles. The highest BCUT2D eigenvalue weighted by Crippen LogP contribution is 2.14. The van der Waals surface area contributed by atoms with E-state index < -0.39 is 10.0 Å². The third-order valence-electron chi connectivity index (χ3n) is 2.03. The molecule has 5 nitrogen and oxygen atoms in total. The fourth-order valence-corrected chi connectivity index (χ4v) is 2.31. The van der Waals surface area contributed by atoms with E-state index in [0.717, 1.165) is 0 Å². The summed E-state index contributed by atoms with van der Waals surface area (Å²) in [6.07, 6.45) is 2.98. The van der Waals surface area contributed by atoms with Crippen molar-refractivity contribution in [3.8, 4) is 0 Å². The fraction of sp³-hybridized carbons (Fsp3) is 0.333. The van der Waals surface area contributed by atoms with Crippen molar-refractivity contribution in [3.05, 3.63) is 30.6 Å². The van der Waals surface area contributed by atoms with Gasteiger partial charge in [0.05, 0.1) is 4.90 Å². The smallest absolute Gasteiger partial charge is 0.244 e. The van der Waals surface area contributed by atoms with E-state index >= 15 is 0 Å². The van der Waals surface area contributed by atoms with E-state index in [1.54, 1.807) is 0 Å². The van der Waals surface area contributed by atoms with Crippen LogP contribution in [-0.4, -0.2) is 31.3 Å². The molecule has 6 heteroatoms. The number of nitrogens with zero attached hydrogens (tertiary/aromatic N) is 1. The Hall–Kier alpha value is -1.11. The molecule has 84 valence electrons. The van der Waals surface area contributed by atoms with Crippen molar-refractivity contribution in [1.29, 1.82) is 0 Å². The van der Waals surface area contributed by atoms with Gasteiger partial charge in [0.25, 0.3) is 0 Å². The van der Waals surface area contributed by atoms with E-state index in [1.807, 2.05) is 0 Å². The molecule has 0 aromatic carbocycles. The van der Waals surface area contributed by atoms with Gasteiger partial charge in [0.1, 0.15) is 0 Å². The van der Waals surface area contributed by atoms with Crippen molar-refractivity contribution >= 4 is 10.0 Å². The second kappa shape index (κ2) is 4.61. The van der Waals surface area contributed by atoms with E-state index in [1.165, 1.54) is 29.7 Å². The van der Waals surface area contributed by atoms with Crippen LogP contribution in [0.2, 0.25) is 0 Å². The van der Waals surface area contributed by atoms with Crippen LogP contribution in [0.25, 0.3) is 0 Å². The second-order valence-electron chi connectivity index (χ2n) is 3.14. The third kappa shape index (κ3) is 2.47. The molecule has 0 aliphatic carbocycles. The molecule has 0 radical (unpaired) electrons. The normalized spacial score (nSPS) is 11.9. The first-order chi connectivity index (χ1) is 7.02. The van der Waals surface area contributed by atoms with Crippen molar-refractivity contribution in [1.82, 2.24) is 9.29 Å². The Bertz CT molecular complexity index is 436. The molecular weight excluding hydrogens is 214 g/mol. The molecule has 0 aliphatic rings. The standard InChI is InChI=1S/C9H15N3O2S/c1-3-4-12(2)15(13,14)9-5-8(6-10)11-7-9/h3,5,7,11H,1,4,6,10H2,2H3. The molecule has 0 spiro atoms. The van der Waals surface area contributed by atoms with Crippen LogP contribution in [0.3, 0.4) is 0 Å². The molecule has 0 amide bonds. The summed E-state index contributed by atoms with van der Waals surface area (Å²) < 4.78 is 25.0. The molecule has 0 bridgehead atoms. The zero-order chi connectivity index (χ0) is 11.5. The molecule has 0 aliphatic heterocycles. The number of H-pyrrole nitrogens is 1. The molecule has 0 unspecified atom stereocenters. The quantitative estimate of drug-likeness (QED) is 0.712. The molecule has 0 saturated heterocycles. The van der Waals surface area contributed by atoms with Gasteiger partial charge < -0.3 is 10.7 Å². The Balaban J connectivity index is 3.00. The molecule has 0 fully saturated rings.